The normalized spacial score (nSPS) is 13.3. The van der Waals surface area contributed by atoms with Gasteiger partial charge in [-0.15, -0.1) is 0 Å². The Bertz CT molecular complexity index is 1160. The smallest absolute Gasteiger partial charge is 0.241 e. The molecular weight excluding hydrogens is 477 g/mol. The average molecular weight is 501 g/mol. The molecule has 9 heteroatoms. The Hall–Kier alpha value is -1.70. The van der Waals surface area contributed by atoms with E-state index in [9.17, 15) is 8.42 Å². The van der Waals surface area contributed by atoms with E-state index in [0.29, 0.717) is 5.56 Å². The topological polar surface area (TPSA) is 52.7 Å². The number of anilines is 2. The van der Waals surface area contributed by atoms with Crippen LogP contribution >= 0.6 is 34.8 Å². The van der Waals surface area contributed by atoms with E-state index in [2.05, 4.69) is 4.72 Å². The third-order valence-corrected chi connectivity index (χ3v) is 7.05. The molecule has 1 unspecified atom stereocenters. The Morgan fingerprint density at radius 1 is 0.806 bits per heavy atom. The molecule has 0 spiro atoms. The van der Waals surface area contributed by atoms with Gasteiger partial charge in [-0.2, -0.15) is 4.72 Å². The fourth-order valence-electron chi connectivity index (χ4n) is 3.52. The number of hydrogen-bond acceptors (Lipinski definition) is 4. The molecule has 1 atom stereocenters. The Labute approximate surface area is 198 Å². The van der Waals surface area contributed by atoms with E-state index in [1.165, 1.54) is 12.1 Å². The molecule has 0 amide bonds. The van der Waals surface area contributed by atoms with Crippen molar-refractivity contribution < 1.29 is 8.42 Å². The predicted molar refractivity (Wildman–Crippen MR) is 132 cm³/mol. The molecule has 0 bridgehead atoms. The van der Waals surface area contributed by atoms with Crippen molar-refractivity contribution in [3.05, 3.63) is 66.2 Å². The second-order valence-corrected chi connectivity index (χ2v) is 11.7. The lowest BCUT2D eigenvalue weighted by atomic mass is 9.96. The van der Waals surface area contributed by atoms with E-state index in [-0.39, 0.29) is 4.90 Å². The quantitative estimate of drug-likeness (QED) is 0.463. The minimum atomic E-state index is -3.94. The molecule has 0 heterocycles. The first-order valence-corrected chi connectivity index (χ1v) is 12.1. The monoisotopic (exact) mass is 499 g/mol. The molecule has 0 radical (unpaired) electrons. The maximum atomic E-state index is 13.0. The summed E-state index contributed by atoms with van der Waals surface area (Å²) in [4.78, 5) is 4.09. The molecule has 1 N–H and O–H groups in total. The Morgan fingerprint density at radius 2 is 1.39 bits per heavy atom. The van der Waals surface area contributed by atoms with E-state index < -0.39 is 19.9 Å². The number of benzene rings is 3. The van der Waals surface area contributed by atoms with Crippen LogP contribution in [0.5, 0.6) is 0 Å². The van der Waals surface area contributed by atoms with Crippen LogP contribution in [0.1, 0.15) is 11.6 Å². The van der Waals surface area contributed by atoms with Gasteiger partial charge in [-0.25, -0.2) is 8.42 Å². The van der Waals surface area contributed by atoms with Gasteiger partial charge >= 0.3 is 0 Å². The summed E-state index contributed by atoms with van der Waals surface area (Å²) in [5.41, 5.74) is 2.51. The second kappa shape index (κ2) is 9.04. The lowest BCUT2D eigenvalue weighted by Crippen LogP contribution is -2.36. The molecule has 3 aromatic rings. The lowest BCUT2D eigenvalue weighted by Gasteiger charge is -2.29. The molecule has 0 aliphatic heterocycles. The number of hydrogen-bond donors (Lipinski definition) is 1. The molecule has 166 valence electrons. The van der Waals surface area contributed by atoms with Crippen LogP contribution in [0.25, 0.3) is 10.8 Å². The minimum absolute atomic E-state index is 0.0949. The molecule has 0 aromatic heterocycles. The van der Waals surface area contributed by atoms with Crippen LogP contribution < -0.4 is 14.5 Å². The molecular formula is C22H24Cl3N3O2S. The number of fused-ring (bicyclic) bond motifs is 1. The van der Waals surface area contributed by atoms with Crippen molar-refractivity contribution in [2.75, 3.05) is 38.0 Å². The van der Waals surface area contributed by atoms with Crippen LogP contribution in [0.2, 0.25) is 0 Å². The maximum absolute atomic E-state index is 13.0. The first-order valence-electron chi connectivity index (χ1n) is 9.48. The number of alkyl halides is 3. The summed E-state index contributed by atoms with van der Waals surface area (Å²) in [5, 5.41) is 1.73. The molecule has 0 saturated carbocycles. The highest BCUT2D eigenvalue weighted by atomic mass is 35.6. The van der Waals surface area contributed by atoms with Gasteiger partial charge in [0.05, 0.1) is 10.9 Å². The molecule has 0 saturated heterocycles. The summed E-state index contributed by atoms with van der Waals surface area (Å²) in [5.74, 6) is 0. The highest BCUT2D eigenvalue weighted by Gasteiger charge is 2.38. The van der Waals surface area contributed by atoms with Gasteiger partial charge in [-0.3, -0.25) is 0 Å². The lowest BCUT2D eigenvalue weighted by molar-refractivity contribution is 0.559. The van der Waals surface area contributed by atoms with Crippen molar-refractivity contribution in [3.8, 4) is 0 Å². The largest absolute Gasteiger partial charge is 0.377 e. The van der Waals surface area contributed by atoms with Gasteiger partial charge in [-0.05, 0) is 35.2 Å². The van der Waals surface area contributed by atoms with Crippen LogP contribution in [0.4, 0.5) is 11.4 Å². The van der Waals surface area contributed by atoms with Gasteiger partial charge in [-0.1, -0.05) is 71.2 Å². The summed E-state index contributed by atoms with van der Waals surface area (Å²) in [6.07, 6.45) is 0. The van der Waals surface area contributed by atoms with E-state index in [4.69, 9.17) is 34.8 Å². The van der Waals surface area contributed by atoms with E-state index >= 15 is 0 Å². The zero-order valence-corrected chi connectivity index (χ0v) is 20.7. The van der Waals surface area contributed by atoms with Gasteiger partial charge in [0.25, 0.3) is 0 Å². The van der Waals surface area contributed by atoms with Crippen molar-refractivity contribution >= 4 is 67.0 Å². The van der Waals surface area contributed by atoms with E-state index in [1.54, 1.807) is 24.3 Å². The van der Waals surface area contributed by atoms with Gasteiger partial charge in [0.1, 0.15) is 0 Å². The van der Waals surface area contributed by atoms with Crippen LogP contribution in [-0.4, -0.2) is 40.4 Å². The van der Waals surface area contributed by atoms with Gasteiger partial charge < -0.3 is 9.80 Å². The third-order valence-electron chi connectivity index (χ3n) is 4.96. The van der Waals surface area contributed by atoms with Crippen LogP contribution in [0, 0.1) is 0 Å². The highest BCUT2D eigenvalue weighted by molar-refractivity contribution is 7.89. The van der Waals surface area contributed by atoms with Crippen molar-refractivity contribution in [2.45, 2.75) is 14.7 Å². The van der Waals surface area contributed by atoms with Crippen molar-refractivity contribution in [1.82, 2.24) is 4.72 Å². The first kappa shape index (κ1) is 24.0. The molecule has 0 aliphatic rings. The zero-order chi connectivity index (χ0) is 23.0. The minimum Gasteiger partial charge on any atom is -0.377 e. The average Bonchev–Trinajstić information content (AvgIpc) is 2.70. The highest BCUT2D eigenvalue weighted by Crippen LogP contribution is 2.45. The van der Waals surface area contributed by atoms with Gasteiger partial charge in [0.2, 0.25) is 13.8 Å². The molecule has 3 aromatic carbocycles. The SMILES string of the molecule is CN(C)c1cccc2c(C(NS(=O)(=O)c3ccccc3)C(Cl)(Cl)Cl)ccc(N(C)C)c12. The first-order chi connectivity index (χ1) is 14.4. The van der Waals surface area contributed by atoms with Crippen molar-refractivity contribution in [1.29, 1.82) is 0 Å². The van der Waals surface area contributed by atoms with Crippen LogP contribution in [-0.2, 0) is 10.0 Å². The predicted octanol–water partition coefficient (Wildman–Crippen LogP) is 5.36. The molecule has 5 nitrogen and oxygen atoms in total. The third kappa shape index (κ3) is 5.04. The van der Waals surface area contributed by atoms with Gasteiger partial charge in [0, 0.05) is 45.0 Å². The number of nitrogens with zero attached hydrogens (tertiary/aromatic N) is 2. The Morgan fingerprint density at radius 3 is 1.94 bits per heavy atom. The molecule has 0 fully saturated rings. The summed E-state index contributed by atoms with van der Waals surface area (Å²) >= 11 is 18.9. The standard InChI is InChI=1S/C22H24Cl3N3O2S/c1-27(2)18-12-8-11-16-17(13-14-19(20(16)18)28(3)4)21(22(23,24)25)26-31(29,30)15-9-6-5-7-10-15/h5-14,21,26H,1-4H3. The second-order valence-electron chi connectivity index (χ2n) is 7.57. The van der Waals surface area contributed by atoms with Crippen LogP contribution in [0.3, 0.4) is 0 Å². The van der Waals surface area contributed by atoms with E-state index in [0.717, 1.165) is 22.1 Å². The number of halogens is 3. The Kier molecular flexibility index (Phi) is 6.99. The number of rotatable bonds is 6. The van der Waals surface area contributed by atoms with E-state index in [1.807, 2.05) is 62.3 Å². The summed E-state index contributed by atoms with van der Waals surface area (Å²) in [6, 6.07) is 16.4. The van der Waals surface area contributed by atoms with Crippen molar-refractivity contribution in [2.24, 2.45) is 0 Å². The number of sulfonamides is 1. The number of nitrogens with one attached hydrogen (secondary N) is 1. The summed E-state index contributed by atoms with van der Waals surface area (Å²) in [6.45, 7) is 0. The summed E-state index contributed by atoms with van der Waals surface area (Å²) < 4.78 is 26.8. The zero-order valence-electron chi connectivity index (χ0n) is 17.6. The fourth-order valence-corrected chi connectivity index (χ4v) is 5.49. The molecule has 31 heavy (non-hydrogen) atoms. The molecule has 0 aliphatic carbocycles. The fraction of sp³-hybridized carbons (Fsp3) is 0.273. The van der Waals surface area contributed by atoms with Crippen molar-refractivity contribution in [3.63, 3.8) is 0 Å². The van der Waals surface area contributed by atoms with Crippen LogP contribution in [0.15, 0.2) is 65.6 Å². The molecule has 3 rings (SSSR count). The maximum Gasteiger partial charge on any atom is 0.241 e. The summed E-state index contributed by atoms with van der Waals surface area (Å²) in [7, 11) is 3.86. The van der Waals surface area contributed by atoms with Gasteiger partial charge in [0.15, 0.2) is 0 Å². The Balaban J connectivity index is 2.25.